The van der Waals surface area contributed by atoms with Gasteiger partial charge >= 0.3 is 0 Å². The molecule has 0 rings (SSSR count). The van der Waals surface area contributed by atoms with Gasteiger partial charge in [0, 0.05) is 5.71 Å². The fraction of sp³-hybridized carbons (Fsp3) is 0.600. The fourth-order valence-corrected chi connectivity index (χ4v) is 0.430. The van der Waals surface area contributed by atoms with Crippen LogP contribution < -0.4 is 3.53 Å². The van der Waals surface area contributed by atoms with Gasteiger partial charge in [-0.1, -0.05) is 0 Å². The van der Waals surface area contributed by atoms with Crippen LogP contribution in [0.15, 0.2) is 4.99 Å². The van der Waals surface area contributed by atoms with Crippen LogP contribution in [0.2, 0.25) is 0 Å². The lowest BCUT2D eigenvalue weighted by molar-refractivity contribution is -0.117. The van der Waals surface area contributed by atoms with Crippen molar-refractivity contribution in [1.29, 1.82) is 0 Å². The van der Waals surface area contributed by atoms with E-state index in [1.54, 1.807) is 22.9 Å². The molecule has 0 aromatic carbocycles. The Morgan fingerprint density at radius 2 is 2.22 bits per heavy atom. The molecular weight excluding hydrogens is 231 g/mol. The summed E-state index contributed by atoms with van der Waals surface area (Å²) in [6.45, 7) is 3.96. The summed E-state index contributed by atoms with van der Waals surface area (Å²) in [5.74, 6) is -0.0585. The number of hydrogen-bond acceptors (Lipinski definition) is 2. The minimum Gasteiger partial charge on any atom is -0.297 e. The zero-order valence-corrected chi connectivity index (χ0v) is 7.60. The van der Waals surface area contributed by atoms with Gasteiger partial charge in [-0.3, -0.25) is 13.3 Å². The Hall–Kier alpha value is -0.130. The van der Waals surface area contributed by atoms with Crippen molar-refractivity contribution in [3.05, 3.63) is 0 Å². The van der Waals surface area contributed by atoms with Crippen molar-refractivity contribution in [1.82, 2.24) is 3.53 Å². The van der Waals surface area contributed by atoms with Crippen molar-refractivity contribution >= 4 is 34.5 Å². The van der Waals surface area contributed by atoms with Crippen molar-refractivity contribution in [2.75, 3.05) is 6.54 Å². The predicted octanol–water partition coefficient (Wildman–Crippen LogP) is 0.933. The smallest absolute Gasteiger partial charge is 0.250 e. The van der Waals surface area contributed by atoms with Crippen molar-refractivity contribution < 1.29 is 4.79 Å². The van der Waals surface area contributed by atoms with Gasteiger partial charge in [0.2, 0.25) is 5.91 Å². The minimum atomic E-state index is -0.0585. The van der Waals surface area contributed by atoms with Gasteiger partial charge in [0.15, 0.2) is 0 Å². The maximum atomic E-state index is 10.5. The minimum absolute atomic E-state index is 0.0585. The Bertz CT molecular complexity index is 129. The summed E-state index contributed by atoms with van der Waals surface area (Å²) in [7, 11) is 0. The molecule has 1 N–H and O–H groups in total. The highest BCUT2D eigenvalue weighted by molar-refractivity contribution is 14.1. The summed E-state index contributed by atoms with van der Waals surface area (Å²) in [5, 5.41) is 0. The molecule has 0 aromatic rings. The van der Waals surface area contributed by atoms with Crippen LogP contribution in [-0.4, -0.2) is 18.2 Å². The molecular formula is C5H9IN2O. The number of carbonyl (C=O) groups excluding carboxylic acids is 1. The van der Waals surface area contributed by atoms with E-state index in [1.165, 1.54) is 0 Å². The number of hydrogen-bond donors (Lipinski definition) is 1. The van der Waals surface area contributed by atoms with Crippen LogP contribution in [0.4, 0.5) is 0 Å². The number of aliphatic imine (C=N–C) groups is 1. The summed E-state index contributed by atoms with van der Waals surface area (Å²) in [6.07, 6.45) is 0. The Labute approximate surface area is 68.4 Å². The van der Waals surface area contributed by atoms with Crippen molar-refractivity contribution in [2.24, 2.45) is 4.99 Å². The molecule has 9 heavy (non-hydrogen) atoms. The molecule has 0 spiro atoms. The first-order chi connectivity index (χ1) is 4.16. The van der Waals surface area contributed by atoms with Gasteiger partial charge in [-0.15, -0.1) is 0 Å². The highest BCUT2D eigenvalue weighted by Crippen LogP contribution is 1.78. The Kier molecular flexibility index (Phi) is 4.65. The molecule has 0 aliphatic rings. The zero-order chi connectivity index (χ0) is 7.28. The van der Waals surface area contributed by atoms with Gasteiger partial charge in [0.25, 0.3) is 0 Å². The summed E-state index contributed by atoms with van der Waals surface area (Å²) in [4.78, 5) is 14.4. The summed E-state index contributed by atoms with van der Waals surface area (Å²) in [6, 6.07) is 0. The van der Waals surface area contributed by atoms with E-state index in [9.17, 15) is 4.79 Å². The molecule has 1 amide bonds. The molecule has 0 aliphatic carbocycles. The molecule has 0 saturated carbocycles. The lowest BCUT2D eigenvalue weighted by Gasteiger charge is -1.91. The largest absolute Gasteiger partial charge is 0.297 e. The van der Waals surface area contributed by atoms with Crippen LogP contribution in [0.3, 0.4) is 0 Å². The second-order valence-electron chi connectivity index (χ2n) is 1.78. The van der Waals surface area contributed by atoms with E-state index in [-0.39, 0.29) is 12.5 Å². The van der Waals surface area contributed by atoms with E-state index in [4.69, 9.17) is 0 Å². The molecule has 0 aromatic heterocycles. The van der Waals surface area contributed by atoms with E-state index < -0.39 is 0 Å². The normalized spacial score (nSPS) is 8.33. The highest BCUT2D eigenvalue weighted by atomic mass is 127. The molecule has 3 nitrogen and oxygen atoms in total. The fourth-order valence-electron chi connectivity index (χ4n) is 0.260. The number of halogens is 1. The van der Waals surface area contributed by atoms with Gasteiger partial charge < -0.3 is 0 Å². The van der Waals surface area contributed by atoms with Crippen LogP contribution >= 0.6 is 22.9 Å². The van der Waals surface area contributed by atoms with E-state index >= 15 is 0 Å². The number of amides is 1. The lowest BCUT2D eigenvalue weighted by atomic mass is 10.5. The van der Waals surface area contributed by atoms with Gasteiger partial charge in [0.05, 0.1) is 22.9 Å². The SMILES string of the molecule is CC(C)=NCC(=O)NI. The number of nitrogens with zero attached hydrogens (tertiary/aromatic N) is 1. The van der Waals surface area contributed by atoms with Gasteiger partial charge in [-0.05, 0) is 13.8 Å². The highest BCUT2D eigenvalue weighted by Gasteiger charge is 1.92. The molecule has 52 valence electrons. The molecule has 0 atom stereocenters. The molecule has 4 heteroatoms. The number of rotatable bonds is 2. The van der Waals surface area contributed by atoms with Gasteiger partial charge in [0.1, 0.15) is 6.54 Å². The molecule has 0 unspecified atom stereocenters. The van der Waals surface area contributed by atoms with E-state index in [0.29, 0.717) is 0 Å². The van der Waals surface area contributed by atoms with Gasteiger partial charge in [-0.25, -0.2) is 0 Å². The zero-order valence-electron chi connectivity index (χ0n) is 5.44. The third kappa shape index (κ3) is 5.75. The Balaban J connectivity index is 3.50. The number of nitrogens with one attached hydrogen (secondary N) is 1. The molecule has 0 saturated heterocycles. The predicted molar refractivity (Wildman–Crippen MR) is 45.8 cm³/mol. The molecule has 0 bridgehead atoms. The van der Waals surface area contributed by atoms with Crippen molar-refractivity contribution in [2.45, 2.75) is 13.8 Å². The van der Waals surface area contributed by atoms with Crippen LogP contribution in [0.1, 0.15) is 13.8 Å². The average Bonchev–Trinajstić information content (AvgIpc) is 1.83. The topological polar surface area (TPSA) is 41.5 Å². The first-order valence-corrected chi connectivity index (χ1v) is 3.62. The van der Waals surface area contributed by atoms with E-state index in [2.05, 4.69) is 8.52 Å². The van der Waals surface area contributed by atoms with Crippen LogP contribution in [0, 0.1) is 0 Å². The van der Waals surface area contributed by atoms with E-state index in [1.807, 2.05) is 13.8 Å². The van der Waals surface area contributed by atoms with E-state index in [0.717, 1.165) is 5.71 Å². The summed E-state index contributed by atoms with van der Waals surface area (Å²) < 4.78 is 2.44. The average molecular weight is 240 g/mol. The first-order valence-electron chi connectivity index (χ1n) is 2.54. The molecule has 0 aliphatic heterocycles. The second-order valence-corrected chi connectivity index (χ2v) is 2.32. The van der Waals surface area contributed by atoms with Crippen LogP contribution in [0.25, 0.3) is 0 Å². The van der Waals surface area contributed by atoms with Crippen LogP contribution in [0.5, 0.6) is 0 Å². The van der Waals surface area contributed by atoms with Crippen molar-refractivity contribution in [3.63, 3.8) is 0 Å². The quantitative estimate of drug-likeness (QED) is 0.435. The molecule has 0 heterocycles. The van der Waals surface area contributed by atoms with Gasteiger partial charge in [-0.2, -0.15) is 0 Å². The second kappa shape index (κ2) is 4.72. The lowest BCUT2D eigenvalue weighted by Crippen LogP contribution is -2.15. The third-order valence-electron chi connectivity index (χ3n) is 0.644. The molecule has 0 radical (unpaired) electrons. The van der Waals surface area contributed by atoms with Crippen LogP contribution in [-0.2, 0) is 4.79 Å². The first kappa shape index (κ1) is 8.87. The summed E-state index contributed by atoms with van der Waals surface area (Å²) in [5.41, 5.74) is 0.926. The standard InChI is InChI=1S/C5H9IN2O/c1-4(2)7-3-5(9)8-6/h3H2,1-2H3,(H,8,9). The Morgan fingerprint density at radius 3 is 2.56 bits per heavy atom. The third-order valence-corrected chi connectivity index (χ3v) is 1.25. The Morgan fingerprint density at radius 1 is 1.67 bits per heavy atom. The molecule has 0 fully saturated rings. The maximum Gasteiger partial charge on any atom is 0.250 e. The maximum absolute atomic E-state index is 10.5. The monoisotopic (exact) mass is 240 g/mol. The number of carbonyl (C=O) groups is 1. The summed E-state index contributed by atoms with van der Waals surface area (Å²) >= 11 is 1.79. The van der Waals surface area contributed by atoms with Crippen molar-refractivity contribution in [3.8, 4) is 0 Å².